The molecule has 0 saturated heterocycles. The molecule has 0 radical (unpaired) electrons. The first-order valence-electron chi connectivity index (χ1n) is 12.5. The van der Waals surface area contributed by atoms with Crippen LogP contribution in [0, 0.1) is 20.8 Å². The molecule has 1 aliphatic rings. The van der Waals surface area contributed by atoms with Gasteiger partial charge in [-0.25, -0.2) is 9.59 Å². The normalized spacial score (nSPS) is 14.9. The summed E-state index contributed by atoms with van der Waals surface area (Å²) in [6, 6.07) is 13.0. The number of urea groups is 1. The van der Waals surface area contributed by atoms with Crippen molar-refractivity contribution in [2.24, 2.45) is 0 Å². The highest BCUT2D eigenvalue weighted by atomic mass is 16.5. The molecule has 0 heterocycles. The van der Waals surface area contributed by atoms with Gasteiger partial charge < -0.3 is 25.8 Å². The molecular formula is C29H33N3O5. The van der Waals surface area contributed by atoms with E-state index in [2.05, 4.69) is 16.0 Å². The van der Waals surface area contributed by atoms with Crippen LogP contribution in [0.25, 0.3) is 10.8 Å². The molecule has 3 aromatic carbocycles. The molecule has 37 heavy (non-hydrogen) atoms. The lowest BCUT2D eigenvalue weighted by Crippen LogP contribution is -2.50. The third-order valence-corrected chi connectivity index (χ3v) is 6.78. The number of rotatable bonds is 8. The van der Waals surface area contributed by atoms with Gasteiger partial charge in [0.2, 0.25) is 0 Å². The van der Waals surface area contributed by atoms with Crippen LogP contribution in [0.1, 0.15) is 53.2 Å². The predicted molar refractivity (Wildman–Crippen MR) is 144 cm³/mol. The summed E-state index contributed by atoms with van der Waals surface area (Å²) < 4.78 is 5.83. The number of benzene rings is 3. The quantitative estimate of drug-likeness (QED) is 0.322. The van der Waals surface area contributed by atoms with Crippen LogP contribution in [0.4, 0.5) is 16.2 Å². The smallest absolute Gasteiger partial charge is 0.328 e. The Morgan fingerprint density at radius 1 is 0.946 bits per heavy atom. The molecule has 4 N–H and O–H groups in total. The first-order chi connectivity index (χ1) is 17.6. The van der Waals surface area contributed by atoms with Gasteiger partial charge in [-0.1, -0.05) is 42.0 Å². The number of nitrogens with one attached hydrogen (secondary N) is 3. The Labute approximate surface area is 216 Å². The fraction of sp³-hybridized carbons (Fsp3) is 0.345. The van der Waals surface area contributed by atoms with E-state index in [4.69, 9.17) is 4.74 Å². The van der Waals surface area contributed by atoms with Crippen LogP contribution in [0.15, 0.2) is 48.5 Å². The number of hydrogen-bond donors (Lipinski definition) is 4. The lowest BCUT2D eigenvalue weighted by molar-refractivity contribution is -0.146. The third kappa shape index (κ3) is 6.09. The molecule has 0 aliphatic heterocycles. The van der Waals surface area contributed by atoms with Gasteiger partial charge in [0.15, 0.2) is 6.04 Å². The number of carbonyl (C=O) groups excluding carboxylic acids is 2. The maximum atomic E-state index is 13.4. The van der Waals surface area contributed by atoms with Crippen molar-refractivity contribution in [1.82, 2.24) is 5.32 Å². The van der Waals surface area contributed by atoms with Crippen molar-refractivity contribution in [1.29, 1.82) is 0 Å². The van der Waals surface area contributed by atoms with Crippen molar-refractivity contribution in [2.45, 2.75) is 65.2 Å². The largest absolute Gasteiger partial charge is 0.480 e. The Morgan fingerprint density at radius 3 is 2.14 bits per heavy atom. The second-order valence-electron chi connectivity index (χ2n) is 9.78. The number of aryl methyl sites for hydroxylation is 3. The van der Waals surface area contributed by atoms with E-state index in [9.17, 15) is 19.5 Å². The number of carboxylic acids is 1. The van der Waals surface area contributed by atoms with E-state index in [0.29, 0.717) is 5.69 Å². The minimum atomic E-state index is -1.24. The minimum absolute atomic E-state index is 0.0176. The van der Waals surface area contributed by atoms with Gasteiger partial charge in [-0.05, 0) is 81.0 Å². The summed E-state index contributed by atoms with van der Waals surface area (Å²) in [7, 11) is 0. The minimum Gasteiger partial charge on any atom is -0.480 e. The van der Waals surface area contributed by atoms with Gasteiger partial charge in [0.05, 0.1) is 23.5 Å². The number of carboxylic acid groups (broad SMARTS) is 1. The molecule has 1 unspecified atom stereocenters. The molecule has 1 aliphatic carbocycles. The topological polar surface area (TPSA) is 117 Å². The average molecular weight is 504 g/mol. The maximum Gasteiger partial charge on any atom is 0.328 e. The number of fused-ring (bicyclic) bond motifs is 1. The molecule has 194 valence electrons. The first kappa shape index (κ1) is 26.2. The lowest BCUT2D eigenvalue weighted by Gasteiger charge is -2.31. The Morgan fingerprint density at radius 2 is 1.57 bits per heavy atom. The summed E-state index contributed by atoms with van der Waals surface area (Å²) >= 11 is 0. The number of ether oxygens (including phenoxy) is 1. The summed E-state index contributed by atoms with van der Waals surface area (Å²) in [5.74, 6) is -1.79. The van der Waals surface area contributed by atoms with Crippen molar-refractivity contribution >= 4 is 40.1 Å². The first-order valence-corrected chi connectivity index (χ1v) is 12.5. The second kappa shape index (κ2) is 11.0. The Hall–Kier alpha value is -3.91. The Balaban J connectivity index is 1.60. The maximum absolute atomic E-state index is 13.4. The molecule has 1 fully saturated rings. The SMILES string of the molecule is Cc1cc(C)c(NC(=O)Nc2cc3ccccc3cc2C(=O)N[C@H](C(=O)O)C(C)OC2CCC2)c(C)c1. The lowest BCUT2D eigenvalue weighted by atomic mass is 9.95. The average Bonchev–Trinajstić information content (AvgIpc) is 2.81. The van der Waals surface area contributed by atoms with E-state index in [1.54, 1.807) is 19.1 Å². The van der Waals surface area contributed by atoms with E-state index >= 15 is 0 Å². The van der Waals surface area contributed by atoms with E-state index in [1.807, 2.05) is 57.2 Å². The molecule has 1 saturated carbocycles. The van der Waals surface area contributed by atoms with Crippen molar-refractivity contribution in [3.05, 3.63) is 70.8 Å². The van der Waals surface area contributed by atoms with Crippen molar-refractivity contribution < 1.29 is 24.2 Å². The van der Waals surface area contributed by atoms with Gasteiger partial charge in [-0.2, -0.15) is 0 Å². The van der Waals surface area contributed by atoms with E-state index in [-0.39, 0.29) is 17.4 Å². The van der Waals surface area contributed by atoms with Crippen LogP contribution in [0.3, 0.4) is 0 Å². The van der Waals surface area contributed by atoms with Crippen LogP contribution >= 0.6 is 0 Å². The zero-order valence-electron chi connectivity index (χ0n) is 21.6. The molecule has 4 rings (SSSR count). The number of carbonyl (C=O) groups is 3. The molecule has 2 atom stereocenters. The predicted octanol–water partition coefficient (Wildman–Crippen LogP) is 5.55. The summed E-state index contributed by atoms with van der Waals surface area (Å²) in [6.45, 7) is 7.48. The molecular weight excluding hydrogens is 470 g/mol. The van der Waals surface area contributed by atoms with Gasteiger partial charge in [0, 0.05) is 5.69 Å². The number of amides is 3. The highest BCUT2D eigenvalue weighted by Gasteiger charge is 2.32. The molecule has 3 aromatic rings. The summed E-state index contributed by atoms with van der Waals surface area (Å²) in [4.78, 5) is 38.4. The van der Waals surface area contributed by atoms with E-state index < -0.39 is 30.1 Å². The molecule has 8 nitrogen and oxygen atoms in total. The number of anilines is 2. The van der Waals surface area contributed by atoms with Crippen molar-refractivity contribution in [3.8, 4) is 0 Å². The Bertz CT molecular complexity index is 1330. The van der Waals surface area contributed by atoms with Gasteiger partial charge in [0.25, 0.3) is 5.91 Å². The van der Waals surface area contributed by atoms with Crippen LogP contribution in [0.5, 0.6) is 0 Å². The highest BCUT2D eigenvalue weighted by Crippen LogP contribution is 2.27. The van der Waals surface area contributed by atoms with E-state index in [0.717, 1.165) is 46.7 Å². The van der Waals surface area contributed by atoms with Crippen LogP contribution in [0.2, 0.25) is 0 Å². The van der Waals surface area contributed by atoms with Crippen LogP contribution < -0.4 is 16.0 Å². The zero-order valence-corrected chi connectivity index (χ0v) is 21.6. The Kier molecular flexibility index (Phi) is 7.78. The summed E-state index contributed by atoms with van der Waals surface area (Å²) in [5, 5.41) is 19.7. The zero-order chi connectivity index (χ0) is 26.7. The number of hydrogen-bond acceptors (Lipinski definition) is 4. The van der Waals surface area contributed by atoms with Gasteiger partial charge in [-0.15, -0.1) is 0 Å². The fourth-order valence-corrected chi connectivity index (χ4v) is 4.66. The molecule has 3 amide bonds. The fourth-order valence-electron chi connectivity index (χ4n) is 4.66. The molecule has 0 spiro atoms. The number of aliphatic carboxylic acids is 1. The van der Waals surface area contributed by atoms with E-state index in [1.165, 1.54) is 0 Å². The highest BCUT2D eigenvalue weighted by molar-refractivity contribution is 6.10. The van der Waals surface area contributed by atoms with Crippen molar-refractivity contribution in [3.63, 3.8) is 0 Å². The monoisotopic (exact) mass is 503 g/mol. The molecule has 8 heteroatoms. The van der Waals surface area contributed by atoms with Gasteiger partial charge in [0.1, 0.15) is 0 Å². The van der Waals surface area contributed by atoms with Gasteiger partial charge >= 0.3 is 12.0 Å². The third-order valence-electron chi connectivity index (χ3n) is 6.78. The second-order valence-corrected chi connectivity index (χ2v) is 9.78. The molecule has 0 aromatic heterocycles. The summed E-state index contributed by atoms with van der Waals surface area (Å²) in [6.07, 6.45) is 2.14. The molecule has 0 bridgehead atoms. The van der Waals surface area contributed by atoms with Crippen LogP contribution in [-0.2, 0) is 9.53 Å². The van der Waals surface area contributed by atoms with Crippen molar-refractivity contribution in [2.75, 3.05) is 10.6 Å². The standard InChI is InChI=1S/C29H33N3O5/c1-16-12-17(2)25(18(3)13-16)32-29(36)30-24-15-21-9-6-5-8-20(21)14-23(24)27(33)31-26(28(34)35)19(4)37-22-10-7-11-22/h5-6,8-9,12-15,19,22,26H,7,10-11H2,1-4H3,(H,31,33)(H,34,35)(H2,30,32,36)/t19?,26-/m0/s1. The summed E-state index contributed by atoms with van der Waals surface area (Å²) in [5.41, 5.74) is 4.07. The van der Waals surface area contributed by atoms with Crippen LogP contribution in [-0.4, -0.2) is 41.3 Å². The van der Waals surface area contributed by atoms with Gasteiger partial charge in [-0.3, -0.25) is 4.79 Å².